The lowest BCUT2D eigenvalue weighted by Gasteiger charge is -2.17. The topological polar surface area (TPSA) is 81.6 Å². The number of benzene rings is 2. The van der Waals surface area contributed by atoms with Crippen molar-refractivity contribution in [2.45, 2.75) is 19.3 Å². The Labute approximate surface area is 155 Å². The molecule has 1 amide bonds. The van der Waals surface area contributed by atoms with E-state index in [4.69, 9.17) is 11.6 Å². The van der Waals surface area contributed by atoms with Crippen molar-refractivity contribution in [1.29, 1.82) is 0 Å². The molecule has 6 nitrogen and oxygen atoms in total. The maximum absolute atomic E-state index is 12.9. The van der Waals surface area contributed by atoms with Crippen molar-refractivity contribution in [1.82, 2.24) is 15.0 Å². The van der Waals surface area contributed by atoms with Crippen LogP contribution in [-0.4, -0.2) is 38.2 Å². The molecular formula is C19H17ClN4O2. The number of nitrogens with one attached hydrogen (secondary N) is 1. The van der Waals surface area contributed by atoms with Crippen LogP contribution in [0.5, 0.6) is 5.75 Å². The first-order chi connectivity index (χ1) is 12.5. The van der Waals surface area contributed by atoms with Gasteiger partial charge in [-0.1, -0.05) is 17.7 Å². The van der Waals surface area contributed by atoms with Crippen molar-refractivity contribution in [2.75, 3.05) is 6.54 Å². The summed E-state index contributed by atoms with van der Waals surface area (Å²) in [6.45, 7) is 2.35. The molecule has 1 aliphatic rings. The molecule has 2 N–H and O–H groups in total. The van der Waals surface area contributed by atoms with Crippen LogP contribution in [0.25, 0.3) is 11.0 Å². The molecule has 0 saturated heterocycles. The predicted molar refractivity (Wildman–Crippen MR) is 100 cm³/mol. The van der Waals surface area contributed by atoms with Crippen LogP contribution >= 0.6 is 11.6 Å². The van der Waals surface area contributed by atoms with Gasteiger partial charge in [0.1, 0.15) is 5.75 Å². The number of phenolic OH excluding ortho intramolecular Hbond substituents is 1. The Morgan fingerprint density at radius 3 is 3.00 bits per heavy atom. The quantitative estimate of drug-likeness (QED) is 0.740. The highest BCUT2D eigenvalue weighted by Gasteiger charge is 2.27. The van der Waals surface area contributed by atoms with E-state index in [1.54, 1.807) is 18.5 Å². The molecule has 2 aromatic carbocycles. The number of H-pyrrole nitrogens is 1. The summed E-state index contributed by atoms with van der Waals surface area (Å²) in [4.78, 5) is 20.1. The van der Waals surface area contributed by atoms with E-state index in [1.165, 1.54) is 11.1 Å². The van der Waals surface area contributed by atoms with Gasteiger partial charge in [-0.3, -0.25) is 4.79 Å². The number of halogens is 1. The van der Waals surface area contributed by atoms with Gasteiger partial charge in [-0.05, 0) is 42.8 Å². The van der Waals surface area contributed by atoms with Crippen LogP contribution in [0.15, 0.2) is 47.8 Å². The van der Waals surface area contributed by atoms with Crippen LogP contribution in [0, 0.1) is 0 Å². The van der Waals surface area contributed by atoms with Gasteiger partial charge in [-0.25, -0.2) is 9.99 Å². The van der Waals surface area contributed by atoms with Gasteiger partial charge in [-0.2, -0.15) is 5.10 Å². The summed E-state index contributed by atoms with van der Waals surface area (Å²) >= 11 is 6.01. The highest BCUT2D eigenvalue weighted by Crippen LogP contribution is 2.28. The highest BCUT2D eigenvalue weighted by molar-refractivity contribution is 6.31. The second-order valence-corrected chi connectivity index (χ2v) is 6.76. The fraction of sp³-hybridized carbons (Fsp3) is 0.211. The van der Waals surface area contributed by atoms with Gasteiger partial charge >= 0.3 is 0 Å². The lowest BCUT2D eigenvalue weighted by molar-refractivity contribution is -0.131. The highest BCUT2D eigenvalue weighted by atomic mass is 35.5. The van der Waals surface area contributed by atoms with E-state index >= 15 is 0 Å². The van der Waals surface area contributed by atoms with E-state index in [9.17, 15) is 9.90 Å². The zero-order chi connectivity index (χ0) is 18.3. The maximum atomic E-state index is 12.9. The van der Waals surface area contributed by atoms with Crippen molar-refractivity contribution in [3.05, 3.63) is 58.9 Å². The van der Waals surface area contributed by atoms with Gasteiger partial charge < -0.3 is 10.1 Å². The van der Waals surface area contributed by atoms with Crippen LogP contribution < -0.4 is 0 Å². The minimum Gasteiger partial charge on any atom is -0.507 e. The molecule has 1 unspecified atom stereocenters. The van der Waals surface area contributed by atoms with Crippen molar-refractivity contribution in [2.24, 2.45) is 5.10 Å². The van der Waals surface area contributed by atoms with E-state index in [0.29, 0.717) is 29.3 Å². The number of imidazole rings is 1. The number of rotatable bonds is 3. The monoisotopic (exact) mass is 368 g/mol. The third-order valence-corrected chi connectivity index (χ3v) is 4.88. The Bertz CT molecular complexity index is 1030. The number of aromatic hydroxyl groups is 1. The number of hydrazone groups is 1. The number of nitrogens with zero attached hydrogens (tertiary/aromatic N) is 3. The number of fused-ring (bicyclic) bond motifs is 1. The molecule has 0 bridgehead atoms. The third-order valence-electron chi connectivity index (χ3n) is 4.64. The van der Waals surface area contributed by atoms with E-state index in [2.05, 4.69) is 15.1 Å². The summed E-state index contributed by atoms with van der Waals surface area (Å²) in [5, 5.41) is 16.4. The van der Waals surface area contributed by atoms with Crippen LogP contribution in [0.3, 0.4) is 0 Å². The van der Waals surface area contributed by atoms with Gasteiger partial charge in [-0.15, -0.1) is 0 Å². The van der Waals surface area contributed by atoms with Gasteiger partial charge in [0.2, 0.25) is 5.91 Å². The summed E-state index contributed by atoms with van der Waals surface area (Å²) in [5.74, 6) is -0.306. The first-order valence-electron chi connectivity index (χ1n) is 8.33. The molecule has 0 radical (unpaired) electrons. The molecule has 1 aromatic heterocycles. The van der Waals surface area contributed by atoms with E-state index in [0.717, 1.165) is 16.6 Å². The molecule has 26 heavy (non-hydrogen) atoms. The first-order valence-corrected chi connectivity index (χ1v) is 8.71. The maximum Gasteiger partial charge on any atom is 0.249 e. The van der Waals surface area contributed by atoms with Crippen molar-refractivity contribution >= 4 is 34.3 Å². The molecule has 0 saturated carbocycles. The summed E-state index contributed by atoms with van der Waals surface area (Å²) < 4.78 is 0. The molecule has 0 fully saturated rings. The van der Waals surface area contributed by atoms with E-state index in [1.807, 2.05) is 25.1 Å². The summed E-state index contributed by atoms with van der Waals surface area (Å²) in [5.41, 5.74) is 3.90. The molecule has 0 spiro atoms. The molecule has 2 heterocycles. The smallest absolute Gasteiger partial charge is 0.249 e. The summed E-state index contributed by atoms with van der Waals surface area (Å²) in [7, 11) is 0. The number of aromatic nitrogens is 2. The number of carbonyl (C=O) groups is 1. The van der Waals surface area contributed by atoms with Crippen LogP contribution in [0.2, 0.25) is 5.02 Å². The first kappa shape index (κ1) is 16.6. The second-order valence-electron chi connectivity index (χ2n) is 6.32. The Morgan fingerprint density at radius 2 is 2.15 bits per heavy atom. The molecule has 1 atom stereocenters. The lowest BCUT2D eigenvalue weighted by Crippen LogP contribution is -2.28. The number of hydrogen-bond donors (Lipinski definition) is 2. The minimum absolute atomic E-state index is 0.0830. The number of hydrogen-bond acceptors (Lipinski definition) is 4. The van der Waals surface area contributed by atoms with Gasteiger partial charge in [0.05, 0.1) is 35.5 Å². The Kier molecular flexibility index (Phi) is 4.12. The van der Waals surface area contributed by atoms with Crippen LogP contribution in [0.1, 0.15) is 30.4 Å². The van der Waals surface area contributed by atoms with Crippen molar-refractivity contribution in [3.8, 4) is 5.75 Å². The summed E-state index contributed by atoms with van der Waals surface area (Å²) in [6.07, 6.45) is 2.21. The Hall–Kier alpha value is -2.86. The van der Waals surface area contributed by atoms with E-state index < -0.39 is 0 Å². The van der Waals surface area contributed by atoms with Crippen LogP contribution in [-0.2, 0) is 4.79 Å². The average molecular weight is 369 g/mol. The molecule has 132 valence electrons. The molecule has 7 heteroatoms. The Morgan fingerprint density at radius 1 is 1.31 bits per heavy atom. The number of amides is 1. The van der Waals surface area contributed by atoms with Crippen molar-refractivity contribution < 1.29 is 9.90 Å². The third kappa shape index (κ3) is 2.93. The second kappa shape index (κ2) is 6.46. The zero-order valence-corrected chi connectivity index (χ0v) is 14.9. The molecule has 0 aliphatic carbocycles. The normalized spacial score (nSPS) is 15.3. The molecular weight excluding hydrogens is 352 g/mol. The Balaban J connectivity index is 1.58. The molecule has 4 rings (SSSR count). The zero-order valence-electron chi connectivity index (χ0n) is 14.1. The predicted octanol–water partition coefficient (Wildman–Crippen LogP) is 3.66. The summed E-state index contributed by atoms with van der Waals surface area (Å²) in [6, 6.07) is 10.6. The van der Waals surface area contributed by atoms with Crippen molar-refractivity contribution in [3.63, 3.8) is 0 Å². The standard InChI is InChI=1S/C19H17ClN4O2/c1-11(12-2-4-16-17(8-12)22-10-21-16)19(26)24-7-6-15(23-24)14-9-13(20)3-5-18(14)25/h2-5,8-11,25H,6-7H2,1H3,(H,21,22). The fourth-order valence-electron chi connectivity index (χ4n) is 3.13. The van der Waals surface area contributed by atoms with E-state index in [-0.39, 0.29) is 17.6 Å². The minimum atomic E-state index is -0.334. The number of aromatic amines is 1. The largest absolute Gasteiger partial charge is 0.507 e. The van der Waals surface area contributed by atoms with Crippen LogP contribution in [0.4, 0.5) is 0 Å². The van der Waals surface area contributed by atoms with Gasteiger partial charge in [0.15, 0.2) is 0 Å². The number of phenols is 1. The average Bonchev–Trinajstić information content (AvgIpc) is 3.31. The fourth-order valence-corrected chi connectivity index (χ4v) is 3.31. The van der Waals surface area contributed by atoms with Gasteiger partial charge in [0, 0.05) is 17.0 Å². The lowest BCUT2D eigenvalue weighted by atomic mass is 9.99. The molecule has 1 aliphatic heterocycles. The SMILES string of the molecule is CC(C(=O)N1CCC(c2cc(Cl)ccc2O)=N1)c1ccc2nc[nH]c2c1. The van der Waals surface area contributed by atoms with Gasteiger partial charge in [0.25, 0.3) is 0 Å². The molecule has 3 aromatic rings. The number of carbonyl (C=O) groups excluding carboxylic acids is 1.